The Morgan fingerprint density at radius 1 is 1.55 bits per heavy atom. The maximum Gasteiger partial charge on any atom is 0.257 e. The van der Waals surface area contributed by atoms with Crippen molar-refractivity contribution in [3.05, 3.63) is 45.4 Å². The van der Waals surface area contributed by atoms with E-state index < -0.39 is 0 Å². The largest absolute Gasteiger partial charge is 0.384 e. The van der Waals surface area contributed by atoms with E-state index in [1.165, 1.54) is 11.3 Å². The molecule has 0 saturated carbocycles. The summed E-state index contributed by atoms with van der Waals surface area (Å²) in [7, 11) is 0. The van der Waals surface area contributed by atoms with Crippen LogP contribution in [0.15, 0.2) is 24.4 Å². The average Bonchev–Trinajstić information content (AvgIpc) is 2.87. The molecule has 0 spiro atoms. The number of aliphatic hydroxyl groups is 1. The number of nitrogens with zero attached hydrogens (tertiary/aromatic N) is 1. The normalized spacial score (nSPS) is 9.75. The number of carbonyl (C=O) groups is 1. The van der Waals surface area contributed by atoms with E-state index in [2.05, 4.69) is 22.1 Å². The third-order valence-corrected chi connectivity index (χ3v) is 3.77. The molecule has 102 valence electrons. The van der Waals surface area contributed by atoms with Crippen LogP contribution in [-0.2, 0) is 0 Å². The maximum atomic E-state index is 12.1. The number of hydrogen-bond donors (Lipinski definition) is 2. The van der Waals surface area contributed by atoms with Crippen molar-refractivity contribution in [1.29, 1.82) is 0 Å². The monoisotopic (exact) mass is 306 g/mol. The summed E-state index contributed by atoms with van der Waals surface area (Å²) < 4.78 is 0. The molecule has 1 aromatic heterocycles. The highest BCUT2D eigenvalue weighted by Gasteiger charge is 2.12. The molecular weight excluding hydrogens is 296 g/mol. The Balaban J connectivity index is 2.15. The summed E-state index contributed by atoms with van der Waals surface area (Å²) in [5, 5.41) is 12.3. The van der Waals surface area contributed by atoms with Gasteiger partial charge in [0.2, 0.25) is 0 Å². The quantitative estimate of drug-likeness (QED) is 0.839. The van der Waals surface area contributed by atoms with E-state index in [1.807, 2.05) is 0 Å². The molecule has 1 amide bonds. The van der Waals surface area contributed by atoms with Gasteiger partial charge in [-0.05, 0) is 24.6 Å². The zero-order chi connectivity index (χ0) is 14.5. The molecule has 0 aliphatic rings. The van der Waals surface area contributed by atoms with E-state index in [4.69, 9.17) is 16.7 Å². The van der Waals surface area contributed by atoms with Gasteiger partial charge in [-0.2, -0.15) is 0 Å². The smallest absolute Gasteiger partial charge is 0.257 e. The zero-order valence-electron chi connectivity index (χ0n) is 10.6. The molecule has 1 aromatic carbocycles. The van der Waals surface area contributed by atoms with Crippen LogP contribution in [0.1, 0.15) is 20.8 Å². The van der Waals surface area contributed by atoms with Gasteiger partial charge in [-0.15, -0.1) is 0 Å². The van der Waals surface area contributed by atoms with Gasteiger partial charge in [0.15, 0.2) is 5.13 Å². The lowest BCUT2D eigenvalue weighted by Crippen LogP contribution is -2.13. The van der Waals surface area contributed by atoms with Gasteiger partial charge in [0.1, 0.15) is 6.61 Å². The highest BCUT2D eigenvalue weighted by atomic mass is 35.5. The first kappa shape index (κ1) is 14.5. The van der Waals surface area contributed by atoms with E-state index in [0.29, 0.717) is 20.6 Å². The van der Waals surface area contributed by atoms with Crippen LogP contribution < -0.4 is 5.32 Å². The van der Waals surface area contributed by atoms with Gasteiger partial charge in [0.25, 0.3) is 5.91 Å². The molecule has 0 aliphatic heterocycles. The number of rotatable bonds is 2. The molecule has 6 heteroatoms. The third-order valence-electron chi connectivity index (χ3n) is 2.53. The predicted molar refractivity (Wildman–Crippen MR) is 80.2 cm³/mol. The maximum absolute atomic E-state index is 12.1. The Kier molecular flexibility index (Phi) is 4.74. The number of aliphatic hydroxyl groups excluding tert-OH is 1. The van der Waals surface area contributed by atoms with Crippen molar-refractivity contribution < 1.29 is 9.90 Å². The number of aromatic nitrogens is 1. The first-order chi connectivity index (χ1) is 9.61. The van der Waals surface area contributed by atoms with Crippen LogP contribution >= 0.6 is 22.9 Å². The van der Waals surface area contributed by atoms with Crippen molar-refractivity contribution in [2.75, 3.05) is 11.9 Å². The predicted octanol–water partition coefficient (Wildman–Crippen LogP) is 2.70. The minimum absolute atomic E-state index is 0.207. The van der Waals surface area contributed by atoms with Crippen molar-refractivity contribution >= 4 is 34.0 Å². The van der Waals surface area contributed by atoms with Gasteiger partial charge in [0, 0.05) is 10.6 Å². The number of amides is 1. The fourth-order valence-electron chi connectivity index (χ4n) is 1.53. The van der Waals surface area contributed by atoms with E-state index >= 15 is 0 Å². The number of anilines is 1. The summed E-state index contributed by atoms with van der Waals surface area (Å²) in [6.45, 7) is 1.58. The van der Waals surface area contributed by atoms with Gasteiger partial charge in [-0.3, -0.25) is 10.1 Å². The SMILES string of the molecule is Cc1c(Cl)cccc1C(=O)Nc1ncc(C#CCO)s1. The molecule has 0 unspecified atom stereocenters. The minimum atomic E-state index is -0.263. The fourth-order valence-corrected chi connectivity index (χ4v) is 2.39. The van der Waals surface area contributed by atoms with Crippen molar-refractivity contribution in [3.63, 3.8) is 0 Å². The zero-order valence-corrected chi connectivity index (χ0v) is 12.2. The molecule has 2 aromatic rings. The molecule has 0 saturated heterocycles. The highest BCUT2D eigenvalue weighted by Crippen LogP contribution is 2.21. The Morgan fingerprint density at radius 2 is 2.35 bits per heavy atom. The Morgan fingerprint density at radius 3 is 3.10 bits per heavy atom. The molecule has 0 fully saturated rings. The molecule has 20 heavy (non-hydrogen) atoms. The van der Waals surface area contributed by atoms with Crippen LogP contribution in [-0.4, -0.2) is 22.6 Å². The average molecular weight is 307 g/mol. The van der Waals surface area contributed by atoms with Crippen molar-refractivity contribution in [3.8, 4) is 11.8 Å². The second kappa shape index (κ2) is 6.53. The van der Waals surface area contributed by atoms with E-state index in [1.54, 1.807) is 31.3 Å². The van der Waals surface area contributed by atoms with Crippen LogP contribution in [0.2, 0.25) is 5.02 Å². The topological polar surface area (TPSA) is 62.2 Å². The van der Waals surface area contributed by atoms with Gasteiger partial charge in [-0.1, -0.05) is 40.8 Å². The van der Waals surface area contributed by atoms with Crippen molar-refractivity contribution in [2.45, 2.75) is 6.92 Å². The summed E-state index contributed by atoms with van der Waals surface area (Å²) in [4.78, 5) is 16.9. The number of carbonyl (C=O) groups excluding carboxylic acids is 1. The molecule has 2 rings (SSSR count). The van der Waals surface area contributed by atoms with Gasteiger partial charge >= 0.3 is 0 Å². The van der Waals surface area contributed by atoms with Crippen molar-refractivity contribution in [2.24, 2.45) is 0 Å². The minimum Gasteiger partial charge on any atom is -0.384 e. The number of nitrogens with one attached hydrogen (secondary N) is 1. The molecule has 0 atom stereocenters. The van der Waals surface area contributed by atoms with Gasteiger partial charge < -0.3 is 5.11 Å². The van der Waals surface area contributed by atoms with E-state index in [0.717, 1.165) is 5.56 Å². The summed E-state index contributed by atoms with van der Waals surface area (Å²) in [6.07, 6.45) is 1.55. The highest BCUT2D eigenvalue weighted by molar-refractivity contribution is 7.16. The molecule has 0 radical (unpaired) electrons. The standard InChI is InChI=1S/C14H11ClN2O2S/c1-9-11(5-2-6-12(9)15)13(19)17-14-16-8-10(20-14)4-3-7-18/h2,5-6,8,18H,7H2,1H3,(H,16,17,19). The van der Waals surface area contributed by atoms with E-state index in [9.17, 15) is 4.79 Å². The molecule has 4 nitrogen and oxygen atoms in total. The Hall–Kier alpha value is -1.87. The van der Waals surface area contributed by atoms with Crippen LogP contribution in [0.5, 0.6) is 0 Å². The third kappa shape index (κ3) is 3.36. The van der Waals surface area contributed by atoms with Crippen LogP contribution in [0.4, 0.5) is 5.13 Å². The number of benzene rings is 1. The number of halogens is 1. The van der Waals surface area contributed by atoms with Crippen LogP contribution in [0, 0.1) is 18.8 Å². The Bertz CT molecular complexity index is 701. The lowest BCUT2D eigenvalue weighted by molar-refractivity contribution is 0.102. The summed E-state index contributed by atoms with van der Waals surface area (Å²) >= 11 is 7.23. The van der Waals surface area contributed by atoms with Gasteiger partial charge in [-0.25, -0.2) is 4.98 Å². The molecular formula is C14H11ClN2O2S. The van der Waals surface area contributed by atoms with E-state index in [-0.39, 0.29) is 12.5 Å². The lowest BCUT2D eigenvalue weighted by Gasteiger charge is -2.06. The van der Waals surface area contributed by atoms with Crippen LogP contribution in [0.25, 0.3) is 0 Å². The van der Waals surface area contributed by atoms with Crippen molar-refractivity contribution in [1.82, 2.24) is 4.98 Å². The molecule has 2 N–H and O–H groups in total. The first-order valence-electron chi connectivity index (χ1n) is 5.74. The second-order valence-electron chi connectivity index (χ2n) is 3.86. The van der Waals surface area contributed by atoms with Crippen LogP contribution in [0.3, 0.4) is 0 Å². The summed E-state index contributed by atoms with van der Waals surface area (Å²) in [6, 6.07) is 5.17. The number of thiazole rings is 1. The molecule has 1 heterocycles. The molecule has 0 bridgehead atoms. The summed E-state index contributed by atoms with van der Waals surface area (Å²) in [5.74, 6) is 4.99. The Labute approximate surface area is 125 Å². The fraction of sp³-hybridized carbons (Fsp3) is 0.143. The number of hydrogen-bond acceptors (Lipinski definition) is 4. The second-order valence-corrected chi connectivity index (χ2v) is 5.29. The molecule has 0 aliphatic carbocycles. The lowest BCUT2D eigenvalue weighted by atomic mass is 10.1. The first-order valence-corrected chi connectivity index (χ1v) is 6.93. The summed E-state index contributed by atoms with van der Waals surface area (Å²) in [5.41, 5.74) is 1.24. The van der Waals surface area contributed by atoms with Gasteiger partial charge in [0.05, 0.1) is 11.1 Å².